The van der Waals surface area contributed by atoms with E-state index in [0.29, 0.717) is 23.7 Å². The van der Waals surface area contributed by atoms with Crippen LogP contribution in [0.1, 0.15) is 46.0 Å². The Morgan fingerprint density at radius 2 is 1.82 bits per heavy atom. The van der Waals surface area contributed by atoms with Gasteiger partial charge in [0.25, 0.3) is 5.91 Å². The molecule has 1 heterocycles. The fourth-order valence-corrected chi connectivity index (χ4v) is 3.41. The van der Waals surface area contributed by atoms with Crippen LogP contribution in [-0.2, 0) is 14.4 Å². The summed E-state index contributed by atoms with van der Waals surface area (Å²) < 4.78 is 0. The summed E-state index contributed by atoms with van der Waals surface area (Å²) in [6.45, 7) is 4.22. The third kappa shape index (κ3) is 5.65. The largest absolute Gasteiger partial charge is 0.326 e. The molecule has 0 saturated carbocycles. The highest BCUT2D eigenvalue weighted by Crippen LogP contribution is 2.20. The van der Waals surface area contributed by atoms with E-state index in [0.717, 1.165) is 19.3 Å². The molecular weight excluding hydrogens is 400 g/mol. The molecule has 1 fully saturated rings. The predicted octanol–water partition coefficient (Wildman–Crippen LogP) is 3.10. The van der Waals surface area contributed by atoms with Crippen LogP contribution in [0.5, 0.6) is 0 Å². The highest BCUT2D eigenvalue weighted by Gasteiger charge is 2.43. The molecule has 9 heteroatoms. The number of thiocarbonyl (C=S) groups is 1. The van der Waals surface area contributed by atoms with E-state index >= 15 is 0 Å². The molecule has 0 aliphatic carbocycles. The minimum atomic E-state index is -0.866. The summed E-state index contributed by atoms with van der Waals surface area (Å²) in [6.07, 6.45) is 2.93. The van der Waals surface area contributed by atoms with E-state index < -0.39 is 6.04 Å². The lowest BCUT2D eigenvalue weighted by Crippen LogP contribution is -2.49. The van der Waals surface area contributed by atoms with Crippen molar-refractivity contribution in [2.75, 3.05) is 11.9 Å². The summed E-state index contributed by atoms with van der Waals surface area (Å²) >= 11 is 11.2. The van der Waals surface area contributed by atoms with Gasteiger partial charge in [0.1, 0.15) is 6.04 Å². The third-order valence-electron chi connectivity index (χ3n) is 4.38. The van der Waals surface area contributed by atoms with Gasteiger partial charge in [0.15, 0.2) is 5.11 Å². The molecule has 0 aromatic heterocycles. The highest BCUT2D eigenvalue weighted by molar-refractivity contribution is 7.80. The van der Waals surface area contributed by atoms with Crippen LogP contribution < -0.4 is 10.7 Å². The number of halogens is 1. The molecule has 0 spiro atoms. The molecule has 1 unspecified atom stereocenters. The van der Waals surface area contributed by atoms with Crippen molar-refractivity contribution in [3.63, 3.8) is 0 Å². The van der Waals surface area contributed by atoms with E-state index in [-0.39, 0.29) is 29.3 Å². The second-order valence-corrected chi connectivity index (χ2v) is 7.30. The molecule has 1 aliphatic heterocycles. The molecule has 3 amide bonds. The van der Waals surface area contributed by atoms with Crippen molar-refractivity contribution >= 4 is 52.3 Å². The number of amides is 3. The molecular formula is C19H25ClN4O3S. The van der Waals surface area contributed by atoms with E-state index in [1.54, 1.807) is 31.2 Å². The average Bonchev–Trinajstić information content (AvgIpc) is 2.87. The van der Waals surface area contributed by atoms with E-state index in [9.17, 15) is 14.4 Å². The van der Waals surface area contributed by atoms with Crippen molar-refractivity contribution in [2.24, 2.45) is 0 Å². The van der Waals surface area contributed by atoms with Crippen molar-refractivity contribution in [1.29, 1.82) is 0 Å². The van der Waals surface area contributed by atoms with Gasteiger partial charge in [0, 0.05) is 23.7 Å². The molecule has 0 bridgehead atoms. The van der Waals surface area contributed by atoms with Gasteiger partial charge < -0.3 is 5.32 Å². The fraction of sp³-hybridized carbons (Fsp3) is 0.474. The molecule has 1 aromatic rings. The average molecular weight is 425 g/mol. The van der Waals surface area contributed by atoms with E-state index in [2.05, 4.69) is 17.7 Å². The van der Waals surface area contributed by atoms with Gasteiger partial charge in [-0.05, 0) is 49.8 Å². The van der Waals surface area contributed by atoms with Crippen molar-refractivity contribution in [1.82, 2.24) is 15.3 Å². The number of carbonyl (C=O) groups is 3. The Labute approximate surface area is 175 Å². The van der Waals surface area contributed by atoms with Gasteiger partial charge >= 0.3 is 0 Å². The molecule has 1 aliphatic rings. The predicted molar refractivity (Wildman–Crippen MR) is 113 cm³/mol. The quantitative estimate of drug-likeness (QED) is 0.470. The van der Waals surface area contributed by atoms with Crippen molar-refractivity contribution in [3.05, 3.63) is 29.3 Å². The number of hydrazine groups is 1. The maximum atomic E-state index is 12.7. The first-order valence-electron chi connectivity index (χ1n) is 9.36. The maximum absolute atomic E-state index is 12.7. The van der Waals surface area contributed by atoms with Gasteiger partial charge in [-0.1, -0.05) is 31.4 Å². The SMILES string of the molecule is CCCCCC(=O)NN1C(=S)N(CC)C(=O)C1CC(=O)Nc1ccc(Cl)cc1. The Balaban J connectivity index is 2.05. The van der Waals surface area contributed by atoms with Gasteiger partial charge in [-0.25, -0.2) is 5.01 Å². The Kier molecular flexibility index (Phi) is 8.19. The number of benzene rings is 1. The van der Waals surface area contributed by atoms with E-state index in [1.165, 1.54) is 9.91 Å². The number of hydrogen-bond acceptors (Lipinski definition) is 4. The Bertz CT molecular complexity index is 741. The number of carbonyl (C=O) groups excluding carboxylic acids is 3. The molecule has 1 aromatic carbocycles. The monoisotopic (exact) mass is 424 g/mol. The lowest BCUT2D eigenvalue weighted by molar-refractivity contribution is -0.132. The summed E-state index contributed by atoms with van der Waals surface area (Å²) in [5.41, 5.74) is 3.28. The Morgan fingerprint density at radius 1 is 1.14 bits per heavy atom. The summed E-state index contributed by atoms with van der Waals surface area (Å²) in [5, 5.41) is 4.84. The van der Waals surface area contributed by atoms with Crippen molar-refractivity contribution in [2.45, 2.75) is 52.0 Å². The molecule has 2 N–H and O–H groups in total. The van der Waals surface area contributed by atoms with Gasteiger partial charge in [0.2, 0.25) is 11.8 Å². The van der Waals surface area contributed by atoms with Crippen molar-refractivity contribution in [3.8, 4) is 0 Å². The summed E-state index contributed by atoms with van der Waals surface area (Å²) in [5.74, 6) is -0.871. The Hall–Kier alpha value is -2.19. The molecule has 7 nitrogen and oxygen atoms in total. The molecule has 2 rings (SSSR count). The number of likely N-dealkylation sites (N-methyl/N-ethyl adjacent to an activating group) is 1. The highest BCUT2D eigenvalue weighted by atomic mass is 35.5. The first-order chi connectivity index (χ1) is 13.4. The van der Waals surface area contributed by atoms with Gasteiger partial charge in [0.05, 0.1) is 6.42 Å². The summed E-state index contributed by atoms with van der Waals surface area (Å²) in [7, 11) is 0. The second-order valence-electron chi connectivity index (χ2n) is 6.50. The lowest BCUT2D eigenvalue weighted by atomic mass is 10.2. The Morgan fingerprint density at radius 3 is 2.43 bits per heavy atom. The van der Waals surface area contributed by atoms with Crippen LogP contribution >= 0.6 is 23.8 Å². The normalized spacial score (nSPS) is 16.5. The lowest BCUT2D eigenvalue weighted by Gasteiger charge is -2.24. The van der Waals surface area contributed by atoms with Gasteiger partial charge in [-0.15, -0.1) is 0 Å². The van der Waals surface area contributed by atoms with E-state index in [4.69, 9.17) is 23.8 Å². The van der Waals surface area contributed by atoms with Crippen LogP contribution in [0, 0.1) is 0 Å². The number of unbranched alkanes of at least 4 members (excludes halogenated alkanes) is 2. The van der Waals surface area contributed by atoms with Crippen LogP contribution in [0.2, 0.25) is 5.02 Å². The first-order valence-corrected chi connectivity index (χ1v) is 10.2. The van der Waals surface area contributed by atoms with Gasteiger partial charge in [-0.3, -0.25) is 24.7 Å². The van der Waals surface area contributed by atoms with E-state index in [1.807, 2.05) is 0 Å². The zero-order valence-electron chi connectivity index (χ0n) is 16.0. The zero-order chi connectivity index (χ0) is 20.7. The molecule has 1 saturated heterocycles. The summed E-state index contributed by atoms with van der Waals surface area (Å²) in [4.78, 5) is 38.7. The van der Waals surface area contributed by atoms with Crippen LogP contribution in [0.3, 0.4) is 0 Å². The fourth-order valence-electron chi connectivity index (χ4n) is 2.89. The number of rotatable bonds is 9. The molecule has 28 heavy (non-hydrogen) atoms. The van der Waals surface area contributed by atoms with Crippen LogP contribution in [-0.4, -0.2) is 45.3 Å². The van der Waals surface area contributed by atoms with Crippen LogP contribution in [0.15, 0.2) is 24.3 Å². The van der Waals surface area contributed by atoms with Gasteiger partial charge in [-0.2, -0.15) is 0 Å². The number of nitrogens with zero attached hydrogens (tertiary/aromatic N) is 2. The number of nitrogens with one attached hydrogen (secondary N) is 2. The second kappa shape index (κ2) is 10.4. The van der Waals surface area contributed by atoms with Crippen LogP contribution in [0.4, 0.5) is 5.69 Å². The topological polar surface area (TPSA) is 81.8 Å². The zero-order valence-corrected chi connectivity index (χ0v) is 17.6. The maximum Gasteiger partial charge on any atom is 0.254 e. The molecule has 1 atom stereocenters. The minimum Gasteiger partial charge on any atom is -0.326 e. The van der Waals surface area contributed by atoms with Crippen LogP contribution in [0.25, 0.3) is 0 Å². The standard InChI is InChI=1S/C19H25ClN4O3S/c1-3-5-6-7-16(25)22-24-15(18(27)23(4-2)19(24)28)12-17(26)21-14-10-8-13(20)9-11-14/h8-11,15H,3-7,12H2,1-2H3,(H,21,26)(H,22,25). The molecule has 0 radical (unpaired) electrons. The number of hydrogen-bond donors (Lipinski definition) is 2. The van der Waals surface area contributed by atoms with Crippen molar-refractivity contribution < 1.29 is 14.4 Å². The molecule has 152 valence electrons. The number of anilines is 1. The first kappa shape index (κ1) is 22.1. The third-order valence-corrected chi connectivity index (χ3v) is 5.04. The smallest absolute Gasteiger partial charge is 0.254 e. The summed E-state index contributed by atoms with van der Waals surface area (Å²) in [6, 6.07) is 5.80. The minimum absolute atomic E-state index is 0.132.